The largest absolute Gasteiger partial charge is 0.362 e. The highest BCUT2D eigenvalue weighted by Crippen LogP contribution is 2.27. The molecular formula is C15H17N3S. The van der Waals surface area contributed by atoms with Gasteiger partial charge in [0.25, 0.3) is 0 Å². The lowest BCUT2D eigenvalue weighted by molar-refractivity contribution is 0.684. The zero-order chi connectivity index (χ0) is 13.7. The van der Waals surface area contributed by atoms with Crippen molar-refractivity contribution in [2.75, 3.05) is 5.32 Å². The molecule has 0 aliphatic rings. The van der Waals surface area contributed by atoms with Crippen LogP contribution in [0.4, 0.5) is 5.82 Å². The lowest BCUT2D eigenvalue weighted by Crippen LogP contribution is -2.10. The summed E-state index contributed by atoms with van der Waals surface area (Å²) in [5, 5.41) is 14.5. The van der Waals surface area contributed by atoms with Gasteiger partial charge in [-0.2, -0.15) is 5.26 Å². The first-order valence-corrected chi connectivity index (χ1v) is 7.29. The molecular weight excluding hydrogens is 254 g/mol. The summed E-state index contributed by atoms with van der Waals surface area (Å²) in [6.45, 7) is 4.08. The maximum Gasteiger partial charge on any atom is 0.128 e. The highest BCUT2D eigenvalue weighted by Gasteiger charge is 2.12. The topological polar surface area (TPSA) is 48.7 Å². The predicted molar refractivity (Wildman–Crippen MR) is 79.3 cm³/mol. The molecule has 0 radical (unpaired) electrons. The number of hydrogen-bond donors (Lipinski definition) is 1. The van der Waals surface area contributed by atoms with Gasteiger partial charge in [-0.15, -0.1) is 11.3 Å². The van der Waals surface area contributed by atoms with Gasteiger partial charge >= 0.3 is 0 Å². The number of aromatic nitrogens is 1. The molecule has 0 aliphatic heterocycles. The highest BCUT2D eigenvalue weighted by molar-refractivity contribution is 7.10. The van der Waals surface area contributed by atoms with Crippen molar-refractivity contribution in [2.45, 2.75) is 32.7 Å². The molecule has 4 heteroatoms. The smallest absolute Gasteiger partial charge is 0.128 e. The molecule has 0 fully saturated rings. The average Bonchev–Trinajstić information content (AvgIpc) is 2.91. The summed E-state index contributed by atoms with van der Waals surface area (Å²) >= 11 is 1.75. The zero-order valence-corrected chi connectivity index (χ0v) is 12.0. The molecule has 1 N–H and O–H groups in total. The maximum atomic E-state index is 9.00. The first-order chi connectivity index (χ1) is 9.22. The molecule has 3 nitrogen and oxygen atoms in total. The van der Waals surface area contributed by atoms with Crippen molar-refractivity contribution in [1.82, 2.24) is 4.98 Å². The molecule has 0 amide bonds. The van der Waals surface area contributed by atoms with Crippen LogP contribution >= 0.6 is 11.3 Å². The SMILES string of the molecule is CCCC(Nc1cc(C#N)cc(C)n1)c1cccs1. The molecule has 1 atom stereocenters. The molecule has 1 unspecified atom stereocenters. The third kappa shape index (κ3) is 3.55. The number of thiophene rings is 1. The van der Waals surface area contributed by atoms with E-state index in [0.29, 0.717) is 5.56 Å². The summed E-state index contributed by atoms with van der Waals surface area (Å²) in [5.41, 5.74) is 1.51. The van der Waals surface area contributed by atoms with Gasteiger partial charge in [0.15, 0.2) is 0 Å². The number of anilines is 1. The van der Waals surface area contributed by atoms with Gasteiger partial charge in [-0.3, -0.25) is 0 Å². The van der Waals surface area contributed by atoms with Crippen LogP contribution in [0.3, 0.4) is 0 Å². The van der Waals surface area contributed by atoms with Gasteiger partial charge in [0.2, 0.25) is 0 Å². The Kier molecular flexibility index (Phi) is 4.53. The molecule has 2 heterocycles. The van der Waals surface area contributed by atoms with Gasteiger partial charge in [0.05, 0.1) is 17.7 Å². The van der Waals surface area contributed by atoms with Crippen LogP contribution in [0.5, 0.6) is 0 Å². The van der Waals surface area contributed by atoms with Crippen LogP contribution in [0.15, 0.2) is 29.6 Å². The van der Waals surface area contributed by atoms with Crippen molar-refractivity contribution in [1.29, 1.82) is 5.26 Å². The molecule has 2 aromatic rings. The van der Waals surface area contributed by atoms with Gasteiger partial charge in [0.1, 0.15) is 5.82 Å². The Bertz CT molecular complexity index is 570. The monoisotopic (exact) mass is 271 g/mol. The van der Waals surface area contributed by atoms with E-state index in [1.165, 1.54) is 4.88 Å². The molecule has 0 aliphatic carbocycles. The second-order valence-corrected chi connectivity index (χ2v) is 5.47. The first-order valence-electron chi connectivity index (χ1n) is 6.41. The fourth-order valence-electron chi connectivity index (χ4n) is 2.05. The van der Waals surface area contributed by atoms with Crippen molar-refractivity contribution < 1.29 is 0 Å². The van der Waals surface area contributed by atoms with Gasteiger partial charge < -0.3 is 5.32 Å². The van der Waals surface area contributed by atoms with E-state index in [9.17, 15) is 0 Å². The Balaban J connectivity index is 2.22. The van der Waals surface area contributed by atoms with Crippen LogP contribution in [0.25, 0.3) is 0 Å². The van der Waals surface area contributed by atoms with Crippen LogP contribution in [0.2, 0.25) is 0 Å². The van der Waals surface area contributed by atoms with E-state index in [-0.39, 0.29) is 6.04 Å². The number of hydrogen-bond acceptors (Lipinski definition) is 4. The molecule has 2 rings (SSSR count). The molecule has 19 heavy (non-hydrogen) atoms. The standard InChI is InChI=1S/C15H17N3S/c1-3-5-13(14-6-4-7-19-14)18-15-9-12(10-16)8-11(2)17-15/h4,6-9,13H,3,5H2,1-2H3,(H,17,18). The summed E-state index contributed by atoms with van der Waals surface area (Å²) in [5.74, 6) is 0.781. The van der Waals surface area contributed by atoms with Gasteiger partial charge in [0, 0.05) is 10.6 Å². The van der Waals surface area contributed by atoms with E-state index in [1.807, 2.05) is 13.0 Å². The number of nitrogens with zero attached hydrogens (tertiary/aromatic N) is 2. The normalized spacial score (nSPS) is 11.8. The molecule has 0 bridgehead atoms. The Morgan fingerprint density at radius 1 is 1.47 bits per heavy atom. The van der Waals surface area contributed by atoms with Crippen molar-refractivity contribution in [3.63, 3.8) is 0 Å². The minimum absolute atomic E-state index is 0.269. The second kappa shape index (κ2) is 6.35. The van der Waals surface area contributed by atoms with Crippen LogP contribution in [0.1, 0.15) is 41.9 Å². The van der Waals surface area contributed by atoms with E-state index in [2.05, 4.69) is 40.8 Å². The number of pyridine rings is 1. The third-order valence-electron chi connectivity index (χ3n) is 2.87. The highest BCUT2D eigenvalue weighted by atomic mass is 32.1. The number of aryl methyl sites for hydroxylation is 1. The summed E-state index contributed by atoms with van der Waals surface area (Å²) in [6, 6.07) is 10.2. The zero-order valence-electron chi connectivity index (χ0n) is 11.2. The molecule has 2 aromatic heterocycles. The van der Waals surface area contributed by atoms with Gasteiger partial charge in [-0.1, -0.05) is 19.4 Å². The van der Waals surface area contributed by atoms with E-state index in [0.717, 1.165) is 24.4 Å². The number of nitriles is 1. The Labute approximate surface area is 117 Å². The van der Waals surface area contributed by atoms with Crippen molar-refractivity contribution in [3.05, 3.63) is 45.8 Å². The minimum Gasteiger partial charge on any atom is -0.362 e. The number of nitrogens with one attached hydrogen (secondary N) is 1. The minimum atomic E-state index is 0.269. The first kappa shape index (κ1) is 13.6. The Morgan fingerprint density at radius 3 is 2.95 bits per heavy atom. The second-order valence-electron chi connectivity index (χ2n) is 4.50. The molecule has 0 spiro atoms. The van der Waals surface area contributed by atoms with Crippen LogP contribution in [-0.2, 0) is 0 Å². The van der Waals surface area contributed by atoms with E-state index in [4.69, 9.17) is 5.26 Å². The number of rotatable bonds is 5. The molecule has 0 saturated heterocycles. The van der Waals surface area contributed by atoms with E-state index in [1.54, 1.807) is 17.4 Å². The van der Waals surface area contributed by atoms with Crippen molar-refractivity contribution in [2.24, 2.45) is 0 Å². The average molecular weight is 271 g/mol. The quantitative estimate of drug-likeness (QED) is 0.883. The van der Waals surface area contributed by atoms with E-state index < -0.39 is 0 Å². The predicted octanol–water partition coefficient (Wildman–Crippen LogP) is 4.28. The van der Waals surface area contributed by atoms with Crippen LogP contribution < -0.4 is 5.32 Å². The Hall–Kier alpha value is -1.86. The fourth-order valence-corrected chi connectivity index (χ4v) is 2.86. The van der Waals surface area contributed by atoms with E-state index >= 15 is 0 Å². The maximum absolute atomic E-state index is 9.00. The molecule has 98 valence electrons. The fraction of sp³-hybridized carbons (Fsp3) is 0.333. The van der Waals surface area contributed by atoms with Crippen molar-refractivity contribution in [3.8, 4) is 6.07 Å². The summed E-state index contributed by atoms with van der Waals surface area (Å²) in [7, 11) is 0. The Morgan fingerprint density at radius 2 is 2.32 bits per heavy atom. The molecule has 0 aromatic carbocycles. The molecule has 0 saturated carbocycles. The lowest BCUT2D eigenvalue weighted by atomic mass is 10.1. The van der Waals surface area contributed by atoms with Crippen LogP contribution in [-0.4, -0.2) is 4.98 Å². The summed E-state index contributed by atoms with van der Waals surface area (Å²) in [4.78, 5) is 5.77. The van der Waals surface area contributed by atoms with Gasteiger partial charge in [-0.05, 0) is 36.9 Å². The van der Waals surface area contributed by atoms with Gasteiger partial charge in [-0.25, -0.2) is 4.98 Å². The third-order valence-corrected chi connectivity index (χ3v) is 3.85. The van der Waals surface area contributed by atoms with Crippen molar-refractivity contribution >= 4 is 17.2 Å². The summed E-state index contributed by atoms with van der Waals surface area (Å²) < 4.78 is 0. The lowest BCUT2D eigenvalue weighted by Gasteiger charge is -2.17. The summed E-state index contributed by atoms with van der Waals surface area (Å²) in [6.07, 6.45) is 2.16. The van der Waals surface area contributed by atoms with Crippen LogP contribution in [0, 0.1) is 18.3 Å².